The van der Waals surface area contributed by atoms with Crippen LogP contribution in [0.25, 0.3) is 0 Å². The Bertz CT molecular complexity index is 1090. The first-order chi connectivity index (χ1) is 14.4. The lowest BCUT2D eigenvalue weighted by Crippen LogP contribution is -2.19. The topological polar surface area (TPSA) is 159 Å². The van der Waals surface area contributed by atoms with E-state index in [9.17, 15) is 25.0 Å². The zero-order valence-corrected chi connectivity index (χ0v) is 16.1. The number of carbonyl (C=O) groups is 1. The molecule has 1 aliphatic heterocycles. The van der Waals surface area contributed by atoms with Crippen LogP contribution in [0.1, 0.15) is 5.56 Å². The number of hydrogen-bond acceptors (Lipinski definition) is 10. The fourth-order valence-electron chi connectivity index (χ4n) is 2.34. The van der Waals surface area contributed by atoms with Crippen LogP contribution in [-0.4, -0.2) is 40.0 Å². The first-order valence-electron chi connectivity index (χ1n) is 8.20. The number of amides is 1. The molecule has 154 valence electrons. The zero-order valence-electron chi connectivity index (χ0n) is 15.3. The van der Waals surface area contributed by atoms with Gasteiger partial charge in [0.05, 0.1) is 35.0 Å². The molecule has 0 spiro atoms. The summed E-state index contributed by atoms with van der Waals surface area (Å²) in [6.07, 6.45) is 1.43. The lowest BCUT2D eigenvalue weighted by Gasteiger charge is -2.11. The summed E-state index contributed by atoms with van der Waals surface area (Å²) in [6.45, 7) is 0. The molecule has 2 aromatic rings. The second-order valence-electron chi connectivity index (χ2n) is 5.67. The Morgan fingerprint density at radius 3 is 2.50 bits per heavy atom. The Kier molecular flexibility index (Phi) is 6.22. The molecule has 1 aliphatic rings. The van der Waals surface area contributed by atoms with Crippen molar-refractivity contribution in [2.24, 2.45) is 10.2 Å². The van der Waals surface area contributed by atoms with E-state index in [2.05, 4.69) is 15.5 Å². The third-order valence-corrected chi connectivity index (χ3v) is 4.56. The van der Waals surface area contributed by atoms with Crippen LogP contribution in [0.5, 0.6) is 17.2 Å². The van der Waals surface area contributed by atoms with Crippen molar-refractivity contribution in [1.82, 2.24) is 5.32 Å². The summed E-state index contributed by atoms with van der Waals surface area (Å²) < 4.78 is 10.8. The number of methoxy groups -OCH3 is 1. The minimum absolute atomic E-state index is 0.141. The third kappa shape index (κ3) is 4.88. The van der Waals surface area contributed by atoms with Crippen LogP contribution in [-0.2, 0) is 4.79 Å². The molecule has 0 saturated carbocycles. The van der Waals surface area contributed by atoms with Crippen LogP contribution < -0.4 is 14.8 Å². The number of nitro benzene ring substituents is 2. The first-order valence-corrected chi connectivity index (χ1v) is 9.18. The van der Waals surface area contributed by atoms with E-state index < -0.39 is 21.2 Å². The lowest BCUT2D eigenvalue weighted by molar-refractivity contribution is -0.394. The van der Waals surface area contributed by atoms with Crippen LogP contribution in [0.2, 0.25) is 0 Å². The highest BCUT2D eigenvalue weighted by molar-refractivity contribution is 8.15. The molecular weight excluding hydrogens is 418 g/mol. The number of nitrogens with zero attached hydrogens (tertiary/aromatic N) is 4. The fraction of sp³-hybridized carbons (Fsp3) is 0.118. The van der Waals surface area contributed by atoms with E-state index in [-0.39, 0.29) is 23.2 Å². The van der Waals surface area contributed by atoms with Crippen LogP contribution in [0.4, 0.5) is 11.4 Å². The average molecular weight is 431 g/mol. The summed E-state index contributed by atoms with van der Waals surface area (Å²) in [4.78, 5) is 31.7. The Balaban J connectivity index is 1.83. The van der Waals surface area contributed by atoms with Gasteiger partial charge < -0.3 is 14.8 Å². The quantitative estimate of drug-likeness (QED) is 0.398. The van der Waals surface area contributed by atoms with Crippen molar-refractivity contribution < 1.29 is 24.1 Å². The lowest BCUT2D eigenvalue weighted by atomic mass is 10.2. The number of ether oxygens (including phenoxy) is 2. The number of rotatable bonds is 7. The number of non-ortho nitro benzene ring substituents is 1. The van der Waals surface area contributed by atoms with E-state index in [1.54, 1.807) is 12.1 Å². The molecule has 0 aliphatic carbocycles. The molecule has 12 nitrogen and oxygen atoms in total. The van der Waals surface area contributed by atoms with Crippen LogP contribution in [0.15, 0.2) is 46.6 Å². The fourth-order valence-corrected chi connectivity index (χ4v) is 2.97. The van der Waals surface area contributed by atoms with Gasteiger partial charge in [0.2, 0.25) is 11.7 Å². The summed E-state index contributed by atoms with van der Waals surface area (Å²) in [6, 6.07) is 7.76. The van der Waals surface area contributed by atoms with Gasteiger partial charge in [-0.15, -0.1) is 5.10 Å². The highest BCUT2D eigenvalue weighted by atomic mass is 32.2. The van der Waals surface area contributed by atoms with Gasteiger partial charge in [0, 0.05) is 6.07 Å². The third-order valence-electron chi connectivity index (χ3n) is 3.70. The maximum Gasteiger partial charge on any atom is 0.318 e. The maximum absolute atomic E-state index is 11.3. The number of carbonyl (C=O) groups excluding carboxylic acids is 1. The molecular formula is C17H13N5O7S. The molecule has 0 unspecified atom stereocenters. The van der Waals surface area contributed by atoms with Gasteiger partial charge in [0.1, 0.15) is 0 Å². The molecule has 1 fully saturated rings. The van der Waals surface area contributed by atoms with Gasteiger partial charge in [0.15, 0.2) is 16.7 Å². The normalized spacial score (nSPS) is 14.7. The van der Waals surface area contributed by atoms with Gasteiger partial charge in [-0.1, -0.05) is 11.8 Å². The summed E-state index contributed by atoms with van der Waals surface area (Å²) in [5, 5.41) is 32.8. The summed E-state index contributed by atoms with van der Waals surface area (Å²) in [5.41, 5.74) is -0.384. The number of nitrogens with one attached hydrogen (secondary N) is 1. The van der Waals surface area contributed by atoms with Crippen molar-refractivity contribution in [1.29, 1.82) is 0 Å². The second kappa shape index (κ2) is 9.00. The van der Waals surface area contributed by atoms with Gasteiger partial charge >= 0.3 is 5.69 Å². The van der Waals surface area contributed by atoms with Crippen molar-refractivity contribution in [3.05, 3.63) is 62.2 Å². The van der Waals surface area contributed by atoms with E-state index in [1.165, 1.54) is 31.2 Å². The van der Waals surface area contributed by atoms with Crippen LogP contribution in [0.3, 0.4) is 0 Å². The number of hydrogen-bond donors (Lipinski definition) is 1. The number of amidine groups is 1. The molecule has 3 rings (SSSR count). The van der Waals surface area contributed by atoms with Gasteiger partial charge in [-0.05, 0) is 29.8 Å². The summed E-state index contributed by atoms with van der Waals surface area (Å²) >= 11 is 1.24. The predicted octanol–water partition coefficient (Wildman–Crippen LogP) is 2.86. The van der Waals surface area contributed by atoms with Crippen molar-refractivity contribution in [2.45, 2.75) is 0 Å². The Hall–Kier alpha value is -4.00. The molecule has 2 aromatic carbocycles. The van der Waals surface area contributed by atoms with E-state index in [4.69, 9.17) is 9.47 Å². The van der Waals surface area contributed by atoms with Crippen molar-refractivity contribution in [2.75, 3.05) is 12.9 Å². The molecule has 1 heterocycles. The molecule has 0 aromatic heterocycles. The standard InChI is InChI=1S/C17H13N5O7S/c1-28-15-6-10(8-18-20-17-19-16(23)9-30-17)2-4-14(15)29-13-5-3-11(21(24)25)7-12(13)22(26)27/h2-8H,9H2,1H3,(H,19,20,23). The maximum atomic E-state index is 11.3. The van der Waals surface area contributed by atoms with E-state index in [0.29, 0.717) is 16.5 Å². The molecule has 1 N–H and O–H groups in total. The molecule has 0 bridgehead atoms. The summed E-state index contributed by atoms with van der Waals surface area (Å²) in [7, 11) is 1.39. The molecule has 13 heteroatoms. The predicted molar refractivity (Wildman–Crippen MR) is 108 cm³/mol. The minimum Gasteiger partial charge on any atom is -0.493 e. The number of thioether (sulfide) groups is 1. The molecule has 30 heavy (non-hydrogen) atoms. The number of nitro groups is 2. The Morgan fingerprint density at radius 2 is 1.87 bits per heavy atom. The van der Waals surface area contributed by atoms with E-state index in [0.717, 1.165) is 18.2 Å². The Labute approximate surface area is 172 Å². The molecule has 1 amide bonds. The highest BCUT2D eigenvalue weighted by Crippen LogP contribution is 2.38. The van der Waals surface area contributed by atoms with E-state index >= 15 is 0 Å². The largest absolute Gasteiger partial charge is 0.493 e. The minimum atomic E-state index is -0.769. The average Bonchev–Trinajstić information content (AvgIpc) is 3.13. The van der Waals surface area contributed by atoms with Gasteiger partial charge in [0.25, 0.3) is 5.69 Å². The summed E-state index contributed by atoms with van der Waals surface area (Å²) in [5.74, 6) is 0.394. The van der Waals surface area contributed by atoms with Crippen molar-refractivity contribution in [3.63, 3.8) is 0 Å². The van der Waals surface area contributed by atoms with E-state index in [1.807, 2.05) is 0 Å². The van der Waals surface area contributed by atoms with Crippen LogP contribution in [0, 0.1) is 20.2 Å². The Morgan fingerprint density at radius 1 is 1.10 bits per heavy atom. The number of benzene rings is 2. The molecule has 0 radical (unpaired) electrons. The van der Waals surface area contributed by atoms with Gasteiger partial charge in [-0.3, -0.25) is 25.0 Å². The second-order valence-corrected chi connectivity index (χ2v) is 6.63. The molecule has 0 atom stereocenters. The van der Waals surface area contributed by atoms with Gasteiger partial charge in [-0.2, -0.15) is 5.10 Å². The van der Waals surface area contributed by atoms with Crippen LogP contribution >= 0.6 is 11.8 Å². The van der Waals surface area contributed by atoms with Crippen molar-refractivity contribution in [3.8, 4) is 17.2 Å². The van der Waals surface area contributed by atoms with Gasteiger partial charge in [-0.25, -0.2) is 0 Å². The smallest absolute Gasteiger partial charge is 0.318 e. The SMILES string of the molecule is COc1cc(C=NN=C2NC(=O)CS2)ccc1Oc1ccc([N+](=O)[O-])cc1[N+](=O)[O-]. The van der Waals surface area contributed by atoms with Crippen molar-refractivity contribution >= 4 is 40.4 Å². The zero-order chi connectivity index (χ0) is 21.7. The molecule has 1 saturated heterocycles. The monoisotopic (exact) mass is 431 g/mol. The highest BCUT2D eigenvalue weighted by Gasteiger charge is 2.22. The first kappa shape index (κ1) is 20.7.